The molecule has 0 atom stereocenters. The van der Waals surface area contributed by atoms with Gasteiger partial charge in [0.2, 0.25) is 0 Å². The molecule has 0 unspecified atom stereocenters. The number of carbonyl (C=O) groups excluding carboxylic acids is 4. The third kappa shape index (κ3) is 7.32. The first-order chi connectivity index (χ1) is 21.0. The van der Waals surface area contributed by atoms with Crippen LogP contribution < -0.4 is 29.7 Å². The molecular formula is C32H31Cl2N3O7. The summed E-state index contributed by atoms with van der Waals surface area (Å²) < 4.78 is 16.9. The molecule has 1 saturated heterocycles. The molecule has 1 fully saturated rings. The SMILES string of the molecule is CCCOc1ccc(N2C(=O)NC(=O)/C(=C\c3cc(Cl)c(OCC(=O)Nc4cccc(C)c4C)c(Cl)c3)C2=O)cc1OCC. The van der Waals surface area contributed by atoms with Gasteiger partial charge in [-0.05, 0) is 80.3 Å². The first kappa shape index (κ1) is 32.4. The van der Waals surface area contributed by atoms with E-state index in [0.29, 0.717) is 36.0 Å². The lowest BCUT2D eigenvalue weighted by molar-refractivity contribution is -0.122. The minimum absolute atomic E-state index is 0.0458. The second kappa shape index (κ2) is 14.3. The molecule has 3 aromatic rings. The largest absolute Gasteiger partial charge is 0.490 e. The van der Waals surface area contributed by atoms with Crippen LogP contribution in [0.1, 0.15) is 37.0 Å². The molecule has 1 aliphatic rings. The van der Waals surface area contributed by atoms with Gasteiger partial charge in [0.05, 0.1) is 28.9 Å². The maximum atomic E-state index is 13.5. The van der Waals surface area contributed by atoms with Gasteiger partial charge in [0, 0.05) is 11.8 Å². The number of imide groups is 2. The molecule has 0 aromatic heterocycles. The van der Waals surface area contributed by atoms with Crippen molar-refractivity contribution >= 4 is 64.4 Å². The highest BCUT2D eigenvalue weighted by Gasteiger charge is 2.37. The van der Waals surface area contributed by atoms with Gasteiger partial charge in [-0.15, -0.1) is 0 Å². The van der Waals surface area contributed by atoms with Gasteiger partial charge in [-0.2, -0.15) is 0 Å². The van der Waals surface area contributed by atoms with Gasteiger partial charge in [-0.1, -0.05) is 42.3 Å². The summed E-state index contributed by atoms with van der Waals surface area (Å²) in [5, 5.41) is 5.06. The van der Waals surface area contributed by atoms with Crippen molar-refractivity contribution in [3.8, 4) is 17.2 Å². The molecule has 0 spiro atoms. The fourth-order valence-corrected chi connectivity index (χ4v) is 4.92. The summed E-state index contributed by atoms with van der Waals surface area (Å²) in [7, 11) is 0. The molecule has 0 bridgehead atoms. The van der Waals surface area contributed by atoms with Crippen molar-refractivity contribution < 1.29 is 33.4 Å². The van der Waals surface area contributed by atoms with Crippen molar-refractivity contribution in [3.63, 3.8) is 0 Å². The van der Waals surface area contributed by atoms with E-state index in [1.165, 1.54) is 30.3 Å². The van der Waals surface area contributed by atoms with E-state index in [4.69, 9.17) is 37.4 Å². The lowest BCUT2D eigenvalue weighted by atomic mass is 10.1. The molecule has 0 aliphatic carbocycles. The van der Waals surface area contributed by atoms with Crippen LogP contribution in [-0.4, -0.2) is 43.6 Å². The number of nitrogens with one attached hydrogen (secondary N) is 2. The zero-order valence-corrected chi connectivity index (χ0v) is 26.1. The Hall–Kier alpha value is -4.54. The van der Waals surface area contributed by atoms with Crippen LogP contribution in [0.25, 0.3) is 6.08 Å². The van der Waals surface area contributed by atoms with Gasteiger partial charge in [0.1, 0.15) is 5.57 Å². The zero-order chi connectivity index (χ0) is 32.0. The Balaban J connectivity index is 1.54. The third-order valence-corrected chi connectivity index (χ3v) is 7.17. The van der Waals surface area contributed by atoms with Crippen LogP contribution in [0.15, 0.2) is 54.1 Å². The third-order valence-electron chi connectivity index (χ3n) is 6.61. The number of ether oxygens (including phenoxy) is 3. The minimum atomic E-state index is -0.916. The highest BCUT2D eigenvalue weighted by atomic mass is 35.5. The van der Waals surface area contributed by atoms with Crippen molar-refractivity contribution in [2.75, 3.05) is 30.0 Å². The predicted molar refractivity (Wildman–Crippen MR) is 169 cm³/mol. The van der Waals surface area contributed by atoms with E-state index in [0.717, 1.165) is 22.4 Å². The summed E-state index contributed by atoms with van der Waals surface area (Å²) in [5.41, 5.74) is 2.76. The first-order valence-corrected chi connectivity index (χ1v) is 14.6. The summed E-state index contributed by atoms with van der Waals surface area (Å²) >= 11 is 12.8. The van der Waals surface area contributed by atoms with Crippen LogP contribution >= 0.6 is 23.2 Å². The van der Waals surface area contributed by atoms with E-state index in [1.54, 1.807) is 19.1 Å². The van der Waals surface area contributed by atoms with Gasteiger partial charge in [0.15, 0.2) is 23.9 Å². The number of nitrogens with zero attached hydrogens (tertiary/aromatic N) is 1. The maximum Gasteiger partial charge on any atom is 0.335 e. The highest BCUT2D eigenvalue weighted by Crippen LogP contribution is 2.36. The second-order valence-electron chi connectivity index (χ2n) is 9.77. The molecule has 2 N–H and O–H groups in total. The van der Waals surface area contributed by atoms with E-state index in [9.17, 15) is 19.2 Å². The zero-order valence-electron chi connectivity index (χ0n) is 24.6. The van der Waals surface area contributed by atoms with E-state index >= 15 is 0 Å². The van der Waals surface area contributed by atoms with Crippen molar-refractivity contribution in [2.24, 2.45) is 0 Å². The van der Waals surface area contributed by atoms with E-state index < -0.39 is 23.8 Å². The number of carbonyl (C=O) groups is 4. The van der Waals surface area contributed by atoms with E-state index in [1.807, 2.05) is 32.9 Å². The van der Waals surface area contributed by atoms with Crippen LogP contribution in [-0.2, 0) is 14.4 Å². The van der Waals surface area contributed by atoms with Crippen LogP contribution in [0, 0.1) is 13.8 Å². The number of barbiturate groups is 1. The molecule has 5 amide bonds. The number of hydrogen-bond acceptors (Lipinski definition) is 7. The molecule has 12 heteroatoms. The topological polar surface area (TPSA) is 123 Å². The number of benzene rings is 3. The quantitative estimate of drug-likeness (QED) is 0.182. The summed E-state index contributed by atoms with van der Waals surface area (Å²) in [6.45, 7) is 8.02. The fourth-order valence-electron chi connectivity index (χ4n) is 4.31. The number of amides is 5. The Bertz CT molecular complexity index is 1630. The van der Waals surface area contributed by atoms with Crippen molar-refractivity contribution in [3.05, 3.63) is 80.8 Å². The minimum Gasteiger partial charge on any atom is -0.490 e. The van der Waals surface area contributed by atoms with Crippen molar-refractivity contribution in [1.29, 1.82) is 0 Å². The molecule has 0 radical (unpaired) electrons. The van der Waals surface area contributed by atoms with Gasteiger partial charge in [-0.25, -0.2) is 9.69 Å². The smallest absolute Gasteiger partial charge is 0.335 e. The standard InChI is InChI=1S/C32H31Cl2N3O7/c1-5-12-43-26-11-10-21(16-27(26)42-6-2)37-31(40)22(30(39)36-32(37)41)13-20-14-23(33)29(24(34)15-20)44-17-28(38)35-25-9-7-8-18(3)19(25)4/h7-11,13-16H,5-6,12,17H2,1-4H3,(H,35,38)(H,36,39,41)/b22-13+. The molecular weight excluding hydrogens is 609 g/mol. The Morgan fingerprint density at radius 2 is 1.68 bits per heavy atom. The van der Waals surface area contributed by atoms with E-state index in [-0.39, 0.29) is 33.7 Å². The van der Waals surface area contributed by atoms with Crippen LogP contribution in [0.4, 0.5) is 16.2 Å². The number of aryl methyl sites for hydroxylation is 1. The number of anilines is 2. The van der Waals surface area contributed by atoms with Gasteiger partial charge in [-0.3, -0.25) is 19.7 Å². The number of urea groups is 1. The number of rotatable bonds is 11. The lowest BCUT2D eigenvalue weighted by Gasteiger charge is -2.27. The average molecular weight is 641 g/mol. The average Bonchev–Trinajstić information content (AvgIpc) is 2.97. The van der Waals surface area contributed by atoms with E-state index in [2.05, 4.69) is 10.6 Å². The lowest BCUT2D eigenvalue weighted by Crippen LogP contribution is -2.54. The Morgan fingerprint density at radius 1 is 0.955 bits per heavy atom. The Labute approximate surface area is 264 Å². The Morgan fingerprint density at radius 3 is 2.36 bits per heavy atom. The van der Waals surface area contributed by atoms with Crippen molar-refractivity contribution in [1.82, 2.24) is 5.32 Å². The van der Waals surface area contributed by atoms with Crippen LogP contribution in [0.5, 0.6) is 17.2 Å². The monoisotopic (exact) mass is 639 g/mol. The number of hydrogen-bond donors (Lipinski definition) is 2. The summed E-state index contributed by atoms with van der Waals surface area (Å²) in [6, 6.07) is 12.1. The highest BCUT2D eigenvalue weighted by molar-refractivity contribution is 6.40. The number of halogens is 2. The molecule has 3 aromatic carbocycles. The molecule has 10 nitrogen and oxygen atoms in total. The molecule has 4 rings (SSSR count). The van der Waals surface area contributed by atoms with Gasteiger partial charge < -0.3 is 19.5 Å². The van der Waals surface area contributed by atoms with Crippen molar-refractivity contribution in [2.45, 2.75) is 34.1 Å². The molecule has 230 valence electrons. The van der Waals surface area contributed by atoms with Crippen LogP contribution in [0.2, 0.25) is 10.0 Å². The normalized spacial score (nSPS) is 14.0. The predicted octanol–water partition coefficient (Wildman–Crippen LogP) is 6.48. The maximum absolute atomic E-state index is 13.5. The summed E-state index contributed by atoms with van der Waals surface area (Å²) in [4.78, 5) is 52.3. The molecule has 44 heavy (non-hydrogen) atoms. The summed E-state index contributed by atoms with van der Waals surface area (Å²) in [5.74, 6) is -1.30. The molecule has 0 saturated carbocycles. The summed E-state index contributed by atoms with van der Waals surface area (Å²) in [6.07, 6.45) is 2.04. The Kier molecular flexibility index (Phi) is 10.5. The van der Waals surface area contributed by atoms with Crippen LogP contribution in [0.3, 0.4) is 0 Å². The molecule has 1 heterocycles. The fraction of sp³-hybridized carbons (Fsp3) is 0.250. The molecule has 1 aliphatic heterocycles. The second-order valence-corrected chi connectivity index (χ2v) is 10.6. The van der Waals surface area contributed by atoms with Gasteiger partial charge in [0.25, 0.3) is 17.7 Å². The van der Waals surface area contributed by atoms with Gasteiger partial charge >= 0.3 is 6.03 Å². The first-order valence-electron chi connectivity index (χ1n) is 13.8.